The number of amides is 2. The minimum atomic E-state index is -0.716. The van der Waals surface area contributed by atoms with Crippen LogP contribution in [0.2, 0.25) is 0 Å². The second-order valence-corrected chi connectivity index (χ2v) is 12.0. The minimum absolute atomic E-state index is 0. The van der Waals surface area contributed by atoms with E-state index in [0.717, 1.165) is 49.5 Å². The van der Waals surface area contributed by atoms with Gasteiger partial charge in [0.05, 0.1) is 0 Å². The summed E-state index contributed by atoms with van der Waals surface area (Å²) < 4.78 is 0. The molecular formula is C35H45ClN4O2. The van der Waals surface area contributed by atoms with Crippen molar-refractivity contribution in [3.05, 3.63) is 90.5 Å². The number of unbranched alkanes of at least 4 members (excludes halogenated alkanes) is 1. The maximum atomic E-state index is 13.6. The van der Waals surface area contributed by atoms with E-state index in [1.807, 2.05) is 17.0 Å². The Morgan fingerprint density at radius 2 is 1.40 bits per heavy atom. The van der Waals surface area contributed by atoms with Gasteiger partial charge in [-0.15, -0.1) is 12.4 Å². The van der Waals surface area contributed by atoms with Gasteiger partial charge < -0.3 is 15.1 Å². The first-order valence-electron chi connectivity index (χ1n) is 15.3. The predicted molar refractivity (Wildman–Crippen MR) is 174 cm³/mol. The quantitative estimate of drug-likeness (QED) is 0.275. The van der Waals surface area contributed by atoms with Gasteiger partial charge in [0, 0.05) is 43.2 Å². The summed E-state index contributed by atoms with van der Waals surface area (Å²) in [5.74, 6) is 0.508. The summed E-state index contributed by atoms with van der Waals surface area (Å²) in [6.07, 6.45) is 3.98. The number of nitrogens with one attached hydrogen (secondary N) is 1. The van der Waals surface area contributed by atoms with Crippen molar-refractivity contribution in [1.29, 1.82) is 0 Å². The molecule has 2 aliphatic heterocycles. The Labute approximate surface area is 257 Å². The molecule has 3 aromatic rings. The number of likely N-dealkylation sites (tertiary alicyclic amines) is 1. The number of piperidine rings is 1. The van der Waals surface area contributed by atoms with Crippen LogP contribution in [0.25, 0.3) is 0 Å². The molecule has 0 aromatic heterocycles. The summed E-state index contributed by atoms with van der Waals surface area (Å²) in [5.41, 5.74) is 3.89. The highest BCUT2D eigenvalue weighted by Crippen LogP contribution is 2.36. The van der Waals surface area contributed by atoms with E-state index in [-0.39, 0.29) is 24.2 Å². The van der Waals surface area contributed by atoms with Gasteiger partial charge in [-0.05, 0) is 73.6 Å². The molecular weight excluding hydrogens is 544 g/mol. The van der Waals surface area contributed by atoms with Crippen LogP contribution < -0.4 is 10.2 Å². The van der Waals surface area contributed by atoms with E-state index in [1.165, 1.54) is 5.56 Å². The average Bonchev–Trinajstić information content (AvgIpc) is 2.99. The van der Waals surface area contributed by atoms with E-state index in [9.17, 15) is 9.59 Å². The highest BCUT2D eigenvalue weighted by atomic mass is 35.5. The molecule has 1 N–H and O–H groups in total. The van der Waals surface area contributed by atoms with Crippen LogP contribution in [0.4, 0.5) is 17.1 Å². The third-order valence-electron chi connectivity index (χ3n) is 8.56. The molecule has 0 aliphatic carbocycles. The van der Waals surface area contributed by atoms with Crippen LogP contribution >= 0.6 is 12.4 Å². The first-order valence-corrected chi connectivity index (χ1v) is 15.3. The summed E-state index contributed by atoms with van der Waals surface area (Å²) in [6.45, 7) is 9.42. The molecule has 7 heteroatoms. The van der Waals surface area contributed by atoms with Crippen molar-refractivity contribution < 1.29 is 9.59 Å². The molecule has 1 unspecified atom stereocenters. The molecule has 42 heavy (non-hydrogen) atoms. The van der Waals surface area contributed by atoms with Crippen LogP contribution in [-0.4, -0.2) is 52.8 Å². The lowest BCUT2D eigenvalue weighted by molar-refractivity contribution is -0.161. The zero-order valence-electron chi connectivity index (χ0n) is 25.2. The van der Waals surface area contributed by atoms with Gasteiger partial charge in [-0.3, -0.25) is 14.5 Å². The number of halogens is 1. The van der Waals surface area contributed by atoms with E-state index >= 15 is 0 Å². The second kappa shape index (κ2) is 14.2. The molecule has 0 radical (unpaired) electrons. The standard InChI is InChI=1S/C35H44N4O2.ClH/c1-4-5-22-38-33(40)32(25-27(2)3)36-34(41)35(38)20-23-37(24-21-35)26-28-16-18-31(19-17-28)39(29-12-8-6-9-13-29)30-14-10-7-11-15-30;/h6-19,27,32H,4-5,20-26H2,1-3H3,(H,36,41);1H. The average molecular weight is 589 g/mol. The van der Waals surface area contributed by atoms with E-state index in [0.29, 0.717) is 31.7 Å². The number of nitrogens with zero attached hydrogens (tertiary/aromatic N) is 3. The normalized spacial score (nSPS) is 18.6. The van der Waals surface area contributed by atoms with Crippen molar-refractivity contribution >= 4 is 41.3 Å². The van der Waals surface area contributed by atoms with Crippen LogP contribution in [0.15, 0.2) is 84.9 Å². The predicted octanol–water partition coefficient (Wildman–Crippen LogP) is 7.09. The van der Waals surface area contributed by atoms with Gasteiger partial charge >= 0.3 is 0 Å². The monoisotopic (exact) mass is 588 g/mol. The molecule has 1 spiro atoms. The maximum Gasteiger partial charge on any atom is 0.246 e. The number of carbonyl (C=O) groups excluding carboxylic acids is 2. The number of para-hydroxylation sites is 2. The maximum absolute atomic E-state index is 13.6. The number of rotatable bonds is 10. The largest absolute Gasteiger partial charge is 0.342 e. The number of hydrogen-bond acceptors (Lipinski definition) is 4. The smallest absolute Gasteiger partial charge is 0.246 e. The fourth-order valence-electron chi connectivity index (χ4n) is 6.34. The van der Waals surface area contributed by atoms with Crippen LogP contribution in [0.5, 0.6) is 0 Å². The Balaban J connectivity index is 0.00000405. The van der Waals surface area contributed by atoms with Crippen LogP contribution in [0.1, 0.15) is 58.4 Å². The zero-order chi connectivity index (χ0) is 28.8. The van der Waals surface area contributed by atoms with Crippen molar-refractivity contribution in [2.45, 2.75) is 71.0 Å². The van der Waals surface area contributed by atoms with Crippen molar-refractivity contribution in [2.24, 2.45) is 5.92 Å². The lowest BCUT2D eigenvalue weighted by atomic mass is 9.80. The molecule has 0 bridgehead atoms. The molecule has 3 aromatic carbocycles. The van der Waals surface area contributed by atoms with E-state index in [2.05, 4.69) is 109 Å². The summed E-state index contributed by atoms with van der Waals surface area (Å²) in [5, 5.41) is 3.12. The molecule has 6 nitrogen and oxygen atoms in total. The van der Waals surface area contributed by atoms with E-state index in [1.54, 1.807) is 0 Å². The van der Waals surface area contributed by atoms with Crippen molar-refractivity contribution in [3.8, 4) is 0 Å². The Hall–Kier alpha value is -3.35. The molecule has 2 heterocycles. The van der Waals surface area contributed by atoms with Gasteiger partial charge in [0.1, 0.15) is 11.6 Å². The third-order valence-corrected chi connectivity index (χ3v) is 8.56. The van der Waals surface area contributed by atoms with E-state index < -0.39 is 11.6 Å². The first-order chi connectivity index (χ1) is 19.9. The fourth-order valence-corrected chi connectivity index (χ4v) is 6.34. The van der Waals surface area contributed by atoms with Gasteiger partial charge in [-0.1, -0.05) is 75.7 Å². The molecule has 2 fully saturated rings. The number of piperazine rings is 1. The lowest BCUT2D eigenvalue weighted by Gasteiger charge is -2.52. The van der Waals surface area contributed by atoms with Gasteiger partial charge in [0.15, 0.2) is 0 Å². The Morgan fingerprint density at radius 3 is 1.93 bits per heavy atom. The molecule has 0 saturated carbocycles. The molecule has 224 valence electrons. The third kappa shape index (κ3) is 6.82. The topological polar surface area (TPSA) is 55.9 Å². The number of anilines is 3. The van der Waals surface area contributed by atoms with Crippen molar-refractivity contribution in [1.82, 2.24) is 15.1 Å². The van der Waals surface area contributed by atoms with Gasteiger partial charge in [0.25, 0.3) is 0 Å². The molecule has 2 saturated heterocycles. The van der Waals surface area contributed by atoms with Crippen LogP contribution in [0, 0.1) is 5.92 Å². The second-order valence-electron chi connectivity index (χ2n) is 12.0. The number of carbonyl (C=O) groups is 2. The zero-order valence-corrected chi connectivity index (χ0v) is 26.0. The minimum Gasteiger partial charge on any atom is -0.342 e. The number of benzene rings is 3. The molecule has 5 rings (SSSR count). The highest BCUT2D eigenvalue weighted by Gasteiger charge is 2.53. The summed E-state index contributed by atoms with van der Waals surface area (Å²) in [4.78, 5) is 33.7. The van der Waals surface area contributed by atoms with Crippen LogP contribution in [-0.2, 0) is 16.1 Å². The number of hydrogen-bond donors (Lipinski definition) is 1. The molecule has 1 atom stereocenters. The van der Waals surface area contributed by atoms with Gasteiger partial charge in [0.2, 0.25) is 11.8 Å². The first kappa shape index (κ1) is 31.6. The van der Waals surface area contributed by atoms with Crippen molar-refractivity contribution in [3.63, 3.8) is 0 Å². The summed E-state index contributed by atoms with van der Waals surface area (Å²) in [7, 11) is 0. The fraction of sp³-hybridized carbons (Fsp3) is 0.429. The summed E-state index contributed by atoms with van der Waals surface area (Å²) >= 11 is 0. The molecule has 2 aliphatic rings. The van der Waals surface area contributed by atoms with E-state index in [4.69, 9.17) is 0 Å². The Morgan fingerprint density at radius 1 is 0.857 bits per heavy atom. The Kier molecular flexibility index (Phi) is 10.7. The summed E-state index contributed by atoms with van der Waals surface area (Å²) in [6, 6.07) is 29.3. The van der Waals surface area contributed by atoms with Crippen LogP contribution in [0.3, 0.4) is 0 Å². The SMILES string of the molecule is CCCCN1C(=O)C(CC(C)C)NC(=O)C12CCN(Cc1ccc(N(c3ccccc3)c3ccccc3)cc1)CC2.Cl. The van der Waals surface area contributed by atoms with Gasteiger partial charge in [-0.25, -0.2) is 0 Å². The van der Waals surface area contributed by atoms with Crippen molar-refractivity contribution in [2.75, 3.05) is 24.5 Å². The highest BCUT2D eigenvalue weighted by molar-refractivity contribution is 6.00. The molecule has 2 amide bonds. The lowest BCUT2D eigenvalue weighted by Crippen LogP contribution is -2.73. The Bertz CT molecular complexity index is 1250. The van der Waals surface area contributed by atoms with Gasteiger partial charge in [-0.2, -0.15) is 0 Å².